The maximum absolute atomic E-state index is 14.3. The maximum atomic E-state index is 14.3. The van der Waals surface area contributed by atoms with Crippen molar-refractivity contribution in [2.45, 2.75) is 68.6 Å². The molecule has 0 spiro atoms. The Kier molecular flexibility index (Phi) is 10.3. The monoisotopic (exact) mass is 631 g/mol. The van der Waals surface area contributed by atoms with E-state index in [0.29, 0.717) is 34.8 Å². The van der Waals surface area contributed by atoms with Gasteiger partial charge in [0.15, 0.2) is 11.5 Å². The van der Waals surface area contributed by atoms with Crippen molar-refractivity contribution >= 4 is 36.3 Å². The average molecular weight is 632 g/mol. The molecule has 3 aromatic carbocycles. The number of benzene rings is 3. The van der Waals surface area contributed by atoms with Gasteiger partial charge in [0.25, 0.3) is 0 Å². The second kappa shape index (κ2) is 14.5. The van der Waals surface area contributed by atoms with Gasteiger partial charge in [0.2, 0.25) is 24.5 Å². The van der Waals surface area contributed by atoms with E-state index in [0.717, 1.165) is 17.5 Å². The Hall–Kier alpha value is -4.51. The Morgan fingerprint density at radius 1 is 1.02 bits per heavy atom. The topological polar surface area (TPSA) is 125 Å². The fourth-order valence-corrected chi connectivity index (χ4v) is 6.02. The van der Waals surface area contributed by atoms with E-state index in [1.54, 1.807) is 23.1 Å². The molecule has 0 bridgehead atoms. The molecule has 1 fully saturated rings. The van der Waals surface area contributed by atoms with Gasteiger partial charge in [0.05, 0.1) is 12.5 Å². The zero-order valence-electron chi connectivity index (χ0n) is 25.1. The average Bonchev–Trinajstić information content (AvgIpc) is 3.50. The Morgan fingerprint density at radius 3 is 2.49 bits per heavy atom. The van der Waals surface area contributed by atoms with E-state index in [-0.39, 0.29) is 44.5 Å². The number of piperazine rings is 1. The second-order valence-electron chi connectivity index (χ2n) is 11.3. The van der Waals surface area contributed by atoms with Gasteiger partial charge >= 0.3 is 5.97 Å². The summed E-state index contributed by atoms with van der Waals surface area (Å²) in [6, 6.07) is 19.2. The molecule has 3 amide bonds. The van der Waals surface area contributed by atoms with E-state index < -0.39 is 30.0 Å². The smallest absolute Gasteiger partial charge is 0.305 e. The van der Waals surface area contributed by atoms with Gasteiger partial charge < -0.3 is 29.7 Å². The third-order valence-corrected chi connectivity index (χ3v) is 8.61. The highest BCUT2D eigenvalue weighted by Crippen LogP contribution is 2.35. The molecular weight excluding hydrogens is 594 g/mol. The minimum absolute atomic E-state index is 0.0552. The number of carboxylic acids is 1. The lowest BCUT2D eigenvalue weighted by Crippen LogP contribution is -2.64. The number of unbranched alkanes of at least 4 members (excludes halogenated alkanes) is 1. The number of nitrogens with one attached hydrogen (secondary N) is 1. The molecule has 10 nitrogen and oxygen atoms in total. The zero-order chi connectivity index (χ0) is 31.9. The number of carbonyl (C=O) groups excluding carboxylic acids is 3. The number of fused-ring (bicyclic) bond motifs is 1. The first kappa shape index (κ1) is 31.9. The molecule has 0 radical (unpaired) electrons. The summed E-state index contributed by atoms with van der Waals surface area (Å²) in [4.78, 5) is 57.7. The van der Waals surface area contributed by atoms with Crippen LogP contribution in [0.15, 0.2) is 77.7 Å². The van der Waals surface area contributed by atoms with E-state index >= 15 is 0 Å². The number of carbonyl (C=O) groups is 4. The molecule has 11 heteroatoms. The number of aliphatic carboxylic acids is 1. The lowest BCUT2D eigenvalue weighted by Gasteiger charge is -2.43. The van der Waals surface area contributed by atoms with Crippen LogP contribution in [-0.2, 0) is 32.1 Å². The fourth-order valence-electron chi connectivity index (χ4n) is 5.79. The highest BCUT2D eigenvalue weighted by Gasteiger charge is 2.44. The third kappa shape index (κ3) is 7.59. The van der Waals surface area contributed by atoms with Crippen LogP contribution in [0.25, 0.3) is 0 Å². The molecule has 2 N–H and O–H groups in total. The lowest BCUT2D eigenvalue weighted by atomic mass is 9.96. The van der Waals surface area contributed by atoms with E-state index in [4.69, 9.17) is 9.47 Å². The van der Waals surface area contributed by atoms with Crippen LogP contribution in [0.2, 0.25) is 0 Å². The molecule has 45 heavy (non-hydrogen) atoms. The van der Waals surface area contributed by atoms with Crippen LogP contribution >= 0.6 is 12.6 Å². The normalized spacial score (nSPS) is 17.2. The Labute approximate surface area is 267 Å². The van der Waals surface area contributed by atoms with E-state index in [1.807, 2.05) is 61.5 Å². The number of amides is 3. The van der Waals surface area contributed by atoms with Crippen LogP contribution in [0.4, 0.5) is 0 Å². The first-order valence-corrected chi connectivity index (χ1v) is 15.5. The summed E-state index contributed by atoms with van der Waals surface area (Å²) in [6.07, 6.45) is 1.60. The summed E-state index contributed by atoms with van der Waals surface area (Å²) >= 11 is 4.56. The van der Waals surface area contributed by atoms with Gasteiger partial charge in [-0.2, -0.15) is 0 Å². The number of hydrogen-bond acceptors (Lipinski definition) is 7. The molecule has 0 aromatic heterocycles. The highest BCUT2D eigenvalue weighted by atomic mass is 32.1. The fraction of sp³-hybridized carbons (Fsp3) is 0.353. The lowest BCUT2D eigenvalue weighted by molar-refractivity contribution is -0.161. The van der Waals surface area contributed by atoms with Gasteiger partial charge in [-0.05, 0) is 41.3 Å². The van der Waals surface area contributed by atoms with Crippen molar-refractivity contribution in [1.82, 2.24) is 15.1 Å². The third-order valence-electron chi connectivity index (χ3n) is 8.18. The van der Waals surface area contributed by atoms with Crippen molar-refractivity contribution < 1.29 is 33.8 Å². The van der Waals surface area contributed by atoms with Gasteiger partial charge in [-0.15, -0.1) is 12.6 Å². The molecular formula is C34H37N3O7S. The van der Waals surface area contributed by atoms with Crippen LogP contribution in [0.1, 0.15) is 55.3 Å². The summed E-state index contributed by atoms with van der Waals surface area (Å²) in [7, 11) is 0. The van der Waals surface area contributed by atoms with Gasteiger partial charge in [-0.1, -0.05) is 74.4 Å². The van der Waals surface area contributed by atoms with Crippen molar-refractivity contribution in [1.29, 1.82) is 0 Å². The van der Waals surface area contributed by atoms with Crippen LogP contribution < -0.4 is 14.8 Å². The van der Waals surface area contributed by atoms with Crippen LogP contribution in [0.5, 0.6) is 11.5 Å². The van der Waals surface area contributed by atoms with Crippen molar-refractivity contribution in [2.24, 2.45) is 0 Å². The Morgan fingerprint density at radius 2 is 1.76 bits per heavy atom. The summed E-state index contributed by atoms with van der Waals surface area (Å²) in [5.41, 5.74) is 2.23. The molecule has 2 aliphatic rings. The number of nitrogens with zero attached hydrogens (tertiary/aromatic N) is 2. The van der Waals surface area contributed by atoms with Crippen molar-refractivity contribution in [3.05, 3.63) is 89.5 Å². The molecule has 1 unspecified atom stereocenters. The van der Waals surface area contributed by atoms with Crippen molar-refractivity contribution in [3.8, 4) is 11.5 Å². The van der Waals surface area contributed by atoms with Crippen LogP contribution in [-0.4, -0.2) is 64.0 Å². The summed E-state index contributed by atoms with van der Waals surface area (Å²) in [5.74, 6) is -1.23. The number of thiol groups is 1. The predicted molar refractivity (Wildman–Crippen MR) is 169 cm³/mol. The molecule has 0 saturated carbocycles. The molecule has 0 aliphatic carbocycles. The quantitative estimate of drug-likeness (QED) is 0.239. The van der Waals surface area contributed by atoms with Gasteiger partial charge in [-0.25, -0.2) is 0 Å². The van der Waals surface area contributed by atoms with E-state index in [2.05, 4.69) is 17.9 Å². The zero-order valence-corrected chi connectivity index (χ0v) is 25.9. The molecule has 2 heterocycles. The Balaban J connectivity index is 1.44. The molecule has 1 saturated heterocycles. The highest BCUT2D eigenvalue weighted by molar-refractivity contribution is 7.80. The molecule has 3 atom stereocenters. The SMILES string of the molecule is CCCCC(C(=O)N[C@@H](CC(=O)O)c1ccc2c(c1)OCO2)N1CC(=O)N(Cc2ccccc2S)[C@@H](Cc2ccccc2)C1=O. The minimum atomic E-state index is -1.10. The number of hydrogen-bond donors (Lipinski definition) is 3. The van der Waals surface area contributed by atoms with Crippen molar-refractivity contribution in [3.63, 3.8) is 0 Å². The molecule has 2 aliphatic heterocycles. The number of ether oxygens (including phenoxy) is 2. The number of carboxylic acid groups (broad SMARTS) is 1. The largest absolute Gasteiger partial charge is 0.481 e. The van der Waals surface area contributed by atoms with Crippen molar-refractivity contribution in [2.75, 3.05) is 13.3 Å². The first-order valence-electron chi connectivity index (χ1n) is 15.1. The molecule has 236 valence electrons. The predicted octanol–water partition coefficient (Wildman–Crippen LogP) is 4.38. The van der Waals surface area contributed by atoms with Crippen LogP contribution in [0.3, 0.4) is 0 Å². The standard InChI is InChI=1S/C34H37N3O7S/c1-2-3-12-26(33(41)35-25(18-32(39)40)23-14-15-28-29(17-23)44-21-43-28)37-20-31(38)36(19-24-11-7-8-13-30(24)45)27(34(37)42)16-22-9-5-4-6-10-22/h4-11,13-15,17,25-27,45H,2-3,12,16,18-21H2,1H3,(H,35,41)(H,39,40)/t25-,26?,27-/m0/s1. The molecule has 5 rings (SSSR count). The van der Waals surface area contributed by atoms with Gasteiger partial charge in [-0.3, -0.25) is 19.2 Å². The van der Waals surface area contributed by atoms with E-state index in [9.17, 15) is 24.3 Å². The summed E-state index contributed by atoms with van der Waals surface area (Å²) in [5, 5.41) is 12.5. The molecule has 3 aromatic rings. The van der Waals surface area contributed by atoms with E-state index in [1.165, 1.54) is 4.90 Å². The first-order chi connectivity index (χ1) is 21.7. The Bertz CT molecular complexity index is 1550. The van der Waals surface area contributed by atoms with Gasteiger partial charge in [0.1, 0.15) is 18.6 Å². The summed E-state index contributed by atoms with van der Waals surface area (Å²) < 4.78 is 10.8. The summed E-state index contributed by atoms with van der Waals surface area (Å²) in [6.45, 7) is 1.97. The second-order valence-corrected chi connectivity index (χ2v) is 11.7. The number of rotatable bonds is 13. The minimum Gasteiger partial charge on any atom is -0.481 e. The van der Waals surface area contributed by atoms with Crippen LogP contribution in [0, 0.1) is 0 Å². The van der Waals surface area contributed by atoms with Gasteiger partial charge in [0, 0.05) is 17.9 Å². The maximum Gasteiger partial charge on any atom is 0.305 e.